The van der Waals surface area contributed by atoms with Crippen LogP contribution in [0.25, 0.3) is 0 Å². The Morgan fingerprint density at radius 1 is 1.25 bits per heavy atom. The molecule has 104 valence electrons. The zero-order valence-electron chi connectivity index (χ0n) is 11.0. The maximum Gasteiger partial charge on any atom is 0.333 e. The average Bonchev–Trinajstić information content (AvgIpc) is 2.92. The van der Waals surface area contributed by atoms with E-state index in [1.54, 1.807) is 30.3 Å². The summed E-state index contributed by atoms with van der Waals surface area (Å²) in [5, 5.41) is 15.8. The van der Waals surface area contributed by atoms with Gasteiger partial charge in [-0.2, -0.15) is 11.3 Å². The van der Waals surface area contributed by atoms with Gasteiger partial charge in [-0.1, -0.05) is 30.3 Å². The van der Waals surface area contributed by atoms with Crippen LogP contribution >= 0.6 is 11.3 Å². The number of nitrogens with one attached hydrogen (secondary N) is 1. The van der Waals surface area contributed by atoms with E-state index in [9.17, 15) is 14.7 Å². The molecule has 0 aliphatic carbocycles. The standard InChI is InChI=1S/C15H15NO3S/c1-15(14(18)19,12-5-3-2-4-6-12)16-13(17)9-11-7-8-20-10-11/h2-8,10H,9H2,1H3,(H,16,17)(H,18,19). The molecule has 0 aliphatic rings. The Morgan fingerprint density at radius 3 is 2.50 bits per heavy atom. The molecule has 20 heavy (non-hydrogen) atoms. The normalized spacial score (nSPS) is 13.4. The molecule has 1 unspecified atom stereocenters. The molecule has 2 N–H and O–H groups in total. The van der Waals surface area contributed by atoms with E-state index in [1.165, 1.54) is 18.3 Å². The maximum atomic E-state index is 12.0. The second-order valence-electron chi connectivity index (χ2n) is 4.65. The fourth-order valence-electron chi connectivity index (χ4n) is 1.92. The topological polar surface area (TPSA) is 66.4 Å². The number of rotatable bonds is 5. The first-order valence-electron chi connectivity index (χ1n) is 6.13. The molecule has 1 amide bonds. The highest BCUT2D eigenvalue weighted by atomic mass is 32.1. The summed E-state index contributed by atoms with van der Waals surface area (Å²) in [5.41, 5.74) is 0.00781. The molecule has 0 fully saturated rings. The van der Waals surface area contributed by atoms with Crippen molar-refractivity contribution < 1.29 is 14.7 Å². The van der Waals surface area contributed by atoms with Crippen LogP contribution in [0, 0.1) is 0 Å². The average molecular weight is 289 g/mol. The zero-order chi connectivity index (χ0) is 14.6. The lowest BCUT2D eigenvalue weighted by Crippen LogP contribution is -2.50. The third kappa shape index (κ3) is 3.05. The van der Waals surface area contributed by atoms with Crippen molar-refractivity contribution in [3.8, 4) is 0 Å². The molecule has 0 bridgehead atoms. The highest BCUT2D eigenvalue weighted by Crippen LogP contribution is 2.21. The monoisotopic (exact) mass is 289 g/mol. The summed E-state index contributed by atoms with van der Waals surface area (Å²) in [5.74, 6) is -1.39. The van der Waals surface area contributed by atoms with Crippen molar-refractivity contribution in [2.75, 3.05) is 0 Å². The van der Waals surface area contributed by atoms with Gasteiger partial charge in [-0.05, 0) is 34.9 Å². The van der Waals surface area contributed by atoms with Crippen molar-refractivity contribution in [2.45, 2.75) is 18.9 Å². The highest BCUT2D eigenvalue weighted by Gasteiger charge is 2.36. The minimum Gasteiger partial charge on any atom is -0.479 e. The van der Waals surface area contributed by atoms with Crippen molar-refractivity contribution in [3.63, 3.8) is 0 Å². The maximum absolute atomic E-state index is 12.0. The van der Waals surface area contributed by atoms with Crippen molar-refractivity contribution in [1.82, 2.24) is 5.32 Å². The molecule has 1 heterocycles. The van der Waals surface area contributed by atoms with E-state index >= 15 is 0 Å². The summed E-state index contributed by atoms with van der Waals surface area (Å²) in [6.07, 6.45) is 0.180. The number of carbonyl (C=O) groups is 2. The SMILES string of the molecule is CC(NC(=O)Cc1ccsc1)(C(=O)O)c1ccccc1. The molecule has 1 aromatic carbocycles. The zero-order valence-corrected chi connectivity index (χ0v) is 11.8. The second kappa shape index (κ2) is 5.88. The first-order chi connectivity index (χ1) is 9.52. The Labute approximate surface area is 121 Å². The molecular weight excluding hydrogens is 274 g/mol. The lowest BCUT2D eigenvalue weighted by Gasteiger charge is -2.26. The predicted molar refractivity (Wildman–Crippen MR) is 77.6 cm³/mol. The van der Waals surface area contributed by atoms with E-state index in [4.69, 9.17) is 0 Å². The molecule has 0 aliphatic heterocycles. The molecule has 0 saturated carbocycles. The molecule has 1 aromatic heterocycles. The molecule has 4 nitrogen and oxygen atoms in total. The number of thiophene rings is 1. The van der Waals surface area contributed by atoms with Gasteiger partial charge in [0.15, 0.2) is 5.54 Å². The molecule has 2 aromatic rings. The van der Waals surface area contributed by atoms with Crippen molar-refractivity contribution in [3.05, 3.63) is 58.3 Å². The van der Waals surface area contributed by atoms with E-state index in [0.29, 0.717) is 5.56 Å². The molecule has 0 spiro atoms. The van der Waals surface area contributed by atoms with Crippen LogP contribution in [0.3, 0.4) is 0 Å². The lowest BCUT2D eigenvalue weighted by atomic mass is 9.92. The summed E-state index contributed by atoms with van der Waals surface area (Å²) in [6, 6.07) is 10.5. The Kier molecular flexibility index (Phi) is 4.20. The molecular formula is C15H15NO3S. The van der Waals surface area contributed by atoms with Crippen LogP contribution < -0.4 is 5.32 Å². The van der Waals surface area contributed by atoms with E-state index in [1.807, 2.05) is 16.8 Å². The van der Waals surface area contributed by atoms with E-state index < -0.39 is 11.5 Å². The minimum atomic E-state index is -1.42. The Morgan fingerprint density at radius 2 is 1.95 bits per heavy atom. The van der Waals surface area contributed by atoms with Crippen LogP contribution in [0.4, 0.5) is 0 Å². The van der Waals surface area contributed by atoms with Gasteiger partial charge in [0.25, 0.3) is 0 Å². The Balaban J connectivity index is 2.18. The number of hydrogen-bond donors (Lipinski definition) is 2. The van der Waals surface area contributed by atoms with Gasteiger partial charge >= 0.3 is 5.97 Å². The van der Waals surface area contributed by atoms with Crippen LogP contribution in [0.2, 0.25) is 0 Å². The van der Waals surface area contributed by atoms with E-state index in [2.05, 4.69) is 5.32 Å². The molecule has 0 saturated heterocycles. The van der Waals surface area contributed by atoms with Crippen LogP contribution in [-0.2, 0) is 21.5 Å². The molecule has 5 heteroatoms. The summed E-state index contributed by atoms with van der Waals surface area (Å²) in [6.45, 7) is 1.50. The summed E-state index contributed by atoms with van der Waals surface area (Å²) in [7, 11) is 0. The molecule has 2 rings (SSSR count). The highest BCUT2D eigenvalue weighted by molar-refractivity contribution is 7.07. The second-order valence-corrected chi connectivity index (χ2v) is 5.43. The molecule has 1 atom stereocenters. The fourth-order valence-corrected chi connectivity index (χ4v) is 2.59. The number of amides is 1. The van der Waals surface area contributed by atoms with Gasteiger partial charge in [-0.3, -0.25) is 4.79 Å². The third-order valence-corrected chi connectivity index (χ3v) is 3.85. The number of carboxylic acid groups (broad SMARTS) is 1. The van der Waals surface area contributed by atoms with Gasteiger partial charge in [0, 0.05) is 0 Å². The first-order valence-corrected chi connectivity index (χ1v) is 7.07. The Hall–Kier alpha value is -2.14. The number of benzene rings is 1. The van der Waals surface area contributed by atoms with Crippen LogP contribution in [0.5, 0.6) is 0 Å². The third-order valence-electron chi connectivity index (χ3n) is 3.11. The summed E-state index contributed by atoms with van der Waals surface area (Å²) in [4.78, 5) is 23.6. The smallest absolute Gasteiger partial charge is 0.333 e. The number of aliphatic carboxylic acids is 1. The van der Waals surface area contributed by atoms with Gasteiger partial charge < -0.3 is 10.4 Å². The summed E-state index contributed by atoms with van der Waals surface area (Å²) >= 11 is 1.51. The van der Waals surface area contributed by atoms with E-state index in [0.717, 1.165) is 5.56 Å². The quantitative estimate of drug-likeness (QED) is 0.888. The minimum absolute atomic E-state index is 0.180. The van der Waals surface area contributed by atoms with Crippen molar-refractivity contribution in [2.24, 2.45) is 0 Å². The van der Waals surface area contributed by atoms with Crippen molar-refractivity contribution in [1.29, 1.82) is 0 Å². The van der Waals surface area contributed by atoms with Crippen LogP contribution in [0.15, 0.2) is 47.2 Å². The van der Waals surface area contributed by atoms with Gasteiger partial charge in [0.1, 0.15) is 0 Å². The van der Waals surface area contributed by atoms with Gasteiger partial charge in [0.05, 0.1) is 6.42 Å². The number of hydrogen-bond acceptors (Lipinski definition) is 3. The van der Waals surface area contributed by atoms with Gasteiger partial charge in [-0.15, -0.1) is 0 Å². The first kappa shape index (κ1) is 14.3. The lowest BCUT2D eigenvalue weighted by molar-refractivity contribution is -0.147. The van der Waals surface area contributed by atoms with Crippen LogP contribution in [0.1, 0.15) is 18.1 Å². The van der Waals surface area contributed by atoms with Crippen LogP contribution in [-0.4, -0.2) is 17.0 Å². The predicted octanol–water partition coefficient (Wildman–Crippen LogP) is 2.41. The largest absolute Gasteiger partial charge is 0.479 e. The van der Waals surface area contributed by atoms with Crippen molar-refractivity contribution >= 4 is 23.2 Å². The van der Waals surface area contributed by atoms with Gasteiger partial charge in [0.2, 0.25) is 5.91 Å². The number of carboxylic acids is 1. The summed E-state index contributed by atoms with van der Waals surface area (Å²) < 4.78 is 0. The molecule has 0 radical (unpaired) electrons. The van der Waals surface area contributed by atoms with E-state index in [-0.39, 0.29) is 12.3 Å². The fraction of sp³-hybridized carbons (Fsp3) is 0.200. The Bertz CT molecular complexity index is 595. The number of carbonyl (C=O) groups excluding carboxylic acids is 1. The van der Waals surface area contributed by atoms with Gasteiger partial charge in [-0.25, -0.2) is 4.79 Å².